The summed E-state index contributed by atoms with van der Waals surface area (Å²) in [5, 5.41) is 9.36. The molecule has 0 amide bonds. The van der Waals surface area contributed by atoms with Gasteiger partial charge in [0.15, 0.2) is 5.78 Å². The van der Waals surface area contributed by atoms with Crippen LogP contribution >= 0.6 is 0 Å². The number of nitrogens with zero attached hydrogens (tertiary/aromatic N) is 1. The van der Waals surface area contributed by atoms with E-state index in [4.69, 9.17) is 0 Å². The highest BCUT2D eigenvalue weighted by molar-refractivity contribution is 5.90. The van der Waals surface area contributed by atoms with Crippen molar-refractivity contribution in [1.82, 2.24) is 0 Å². The van der Waals surface area contributed by atoms with E-state index in [0.29, 0.717) is 0 Å². The lowest BCUT2D eigenvalue weighted by Crippen LogP contribution is -2.21. The first-order valence-corrected chi connectivity index (χ1v) is 7.13. The lowest BCUT2D eigenvalue weighted by molar-refractivity contribution is -0.123. The zero-order valence-corrected chi connectivity index (χ0v) is 12.1. The number of hydrogen-bond donors (Lipinski definition) is 0. The Labute approximate surface area is 116 Å². The molecule has 0 saturated carbocycles. The van der Waals surface area contributed by atoms with Crippen LogP contribution in [0, 0.1) is 24.2 Å². The van der Waals surface area contributed by atoms with Crippen LogP contribution in [0.2, 0.25) is 0 Å². The van der Waals surface area contributed by atoms with Crippen LogP contribution in [0.3, 0.4) is 0 Å². The summed E-state index contributed by atoms with van der Waals surface area (Å²) in [5.74, 6) is -0.486. The number of hydrogen-bond acceptors (Lipinski definition) is 2. The SMILES string of the molecule is CCCC(CCC)C(=O)C(C#N)c1cccc(C)c1. The summed E-state index contributed by atoms with van der Waals surface area (Å²) < 4.78 is 0. The lowest BCUT2D eigenvalue weighted by Gasteiger charge is -2.18. The van der Waals surface area contributed by atoms with Gasteiger partial charge in [-0.2, -0.15) is 5.26 Å². The average molecular weight is 257 g/mol. The van der Waals surface area contributed by atoms with Gasteiger partial charge in [0, 0.05) is 5.92 Å². The molecule has 0 fully saturated rings. The molecule has 102 valence electrons. The largest absolute Gasteiger partial charge is 0.298 e. The van der Waals surface area contributed by atoms with Crippen LogP contribution in [0.1, 0.15) is 56.6 Å². The van der Waals surface area contributed by atoms with Crippen molar-refractivity contribution in [2.45, 2.75) is 52.4 Å². The predicted octanol–water partition coefficient (Wildman–Crippen LogP) is 4.39. The van der Waals surface area contributed by atoms with Gasteiger partial charge in [-0.05, 0) is 25.3 Å². The van der Waals surface area contributed by atoms with Gasteiger partial charge in [-0.15, -0.1) is 0 Å². The van der Waals surface area contributed by atoms with Crippen molar-refractivity contribution in [3.63, 3.8) is 0 Å². The third-order valence-corrected chi connectivity index (χ3v) is 3.47. The lowest BCUT2D eigenvalue weighted by atomic mass is 9.83. The molecule has 0 N–H and O–H groups in total. The number of aryl methyl sites for hydroxylation is 1. The summed E-state index contributed by atoms with van der Waals surface area (Å²) in [6, 6.07) is 9.92. The normalized spacial score (nSPS) is 12.2. The summed E-state index contributed by atoms with van der Waals surface area (Å²) in [6.07, 6.45) is 3.75. The van der Waals surface area contributed by atoms with E-state index >= 15 is 0 Å². The second kappa shape index (κ2) is 7.74. The number of Topliss-reactive ketones (excluding diaryl/α,β-unsaturated/α-hetero) is 1. The fourth-order valence-electron chi connectivity index (χ4n) is 2.51. The van der Waals surface area contributed by atoms with Gasteiger partial charge < -0.3 is 0 Å². The van der Waals surface area contributed by atoms with E-state index in [1.165, 1.54) is 0 Å². The van der Waals surface area contributed by atoms with Gasteiger partial charge in [0.25, 0.3) is 0 Å². The maximum atomic E-state index is 12.5. The zero-order chi connectivity index (χ0) is 14.3. The van der Waals surface area contributed by atoms with Gasteiger partial charge in [0.2, 0.25) is 0 Å². The van der Waals surface area contributed by atoms with Crippen LogP contribution in [0.4, 0.5) is 0 Å². The number of ketones is 1. The molecule has 0 heterocycles. The quantitative estimate of drug-likeness (QED) is 0.727. The molecule has 1 unspecified atom stereocenters. The van der Waals surface area contributed by atoms with Crippen molar-refractivity contribution in [1.29, 1.82) is 5.26 Å². The summed E-state index contributed by atoms with van der Waals surface area (Å²) in [6.45, 7) is 6.16. The highest BCUT2D eigenvalue weighted by atomic mass is 16.1. The summed E-state index contributed by atoms with van der Waals surface area (Å²) >= 11 is 0. The van der Waals surface area contributed by atoms with Crippen LogP contribution < -0.4 is 0 Å². The average Bonchev–Trinajstić information content (AvgIpc) is 2.39. The molecule has 2 nitrogen and oxygen atoms in total. The van der Waals surface area contributed by atoms with Crippen LogP contribution in [0.5, 0.6) is 0 Å². The van der Waals surface area contributed by atoms with Gasteiger partial charge in [-0.1, -0.05) is 56.5 Å². The molecule has 0 aliphatic rings. The maximum Gasteiger partial charge on any atom is 0.157 e. The van der Waals surface area contributed by atoms with E-state index in [-0.39, 0.29) is 11.7 Å². The first-order chi connectivity index (χ1) is 9.13. The second-order valence-corrected chi connectivity index (χ2v) is 5.15. The van der Waals surface area contributed by atoms with E-state index in [0.717, 1.165) is 36.8 Å². The zero-order valence-electron chi connectivity index (χ0n) is 12.1. The topological polar surface area (TPSA) is 40.9 Å². The molecule has 0 aliphatic heterocycles. The van der Waals surface area contributed by atoms with Crippen molar-refractivity contribution in [3.05, 3.63) is 35.4 Å². The Hall–Kier alpha value is -1.62. The first kappa shape index (κ1) is 15.4. The fourth-order valence-corrected chi connectivity index (χ4v) is 2.51. The first-order valence-electron chi connectivity index (χ1n) is 7.13. The van der Waals surface area contributed by atoms with Gasteiger partial charge in [-0.3, -0.25) is 4.79 Å². The monoisotopic (exact) mass is 257 g/mol. The summed E-state index contributed by atoms with van der Waals surface area (Å²) in [4.78, 5) is 12.5. The van der Waals surface area contributed by atoms with Crippen LogP contribution in [0.15, 0.2) is 24.3 Å². The predicted molar refractivity (Wildman–Crippen MR) is 77.8 cm³/mol. The number of nitriles is 1. The Morgan fingerprint density at radius 2 is 1.89 bits per heavy atom. The van der Waals surface area contributed by atoms with Crippen molar-refractivity contribution in [2.24, 2.45) is 5.92 Å². The minimum absolute atomic E-state index is 0.0279. The molecule has 1 aromatic carbocycles. The molecule has 1 atom stereocenters. The van der Waals surface area contributed by atoms with Crippen LogP contribution in [0.25, 0.3) is 0 Å². The number of carbonyl (C=O) groups is 1. The molecule has 0 aliphatic carbocycles. The fraction of sp³-hybridized carbons (Fsp3) is 0.529. The number of benzene rings is 1. The van der Waals surface area contributed by atoms with E-state index in [1.54, 1.807) is 0 Å². The molecule has 0 aromatic heterocycles. The van der Waals surface area contributed by atoms with E-state index in [2.05, 4.69) is 19.9 Å². The minimum atomic E-state index is -0.608. The molecule has 1 rings (SSSR count). The van der Waals surface area contributed by atoms with Gasteiger partial charge in [-0.25, -0.2) is 0 Å². The molecule has 1 aromatic rings. The molecular weight excluding hydrogens is 234 g/mol. The number of rotatable bonds is 7. The van der Waals surface area contributed by atoms with Crippen molar-refractivity contribution in [3.8, 4) is 6.07 Å². The van der Waals surface area contributed by atoms with Crippen LogP contribution in [-0.2, 0) is 4.79 Å². The molecule has 0 saturated heterocycles. The van der Waals surface area contributed by atoms with Gasteiger partial charge >= 0.3 is 0 Å². The third-order valence-electron chi connectivity index (χ3n) is 3.47. The van der Waals surface area contributed by atoms with Crippen molar-refractivity contribution < 1.29 is 4.79 Å². The number of carbonyl (C=O) groups excluding carboxylic acids is 1. The Bertz CT molecular complexity index is 453. The van der Waals surface area contributed by atoms with Crippen LogP contribution in [-0.4, -0.2) is 5.78 Å². The Kier molecular flexibility index (Phi) is 6.29. The van der Waals surface area contributed by atoms with Crippen molar-refractivity contribution >= 4 is 5.78 Å². The minimum Gasteiger partial charge on any atom is -0.298 e. The second-order valence-electron chi connectivity index (χ2n) is 5.15. The molecular formula is C17H23NO. The Morgan fingerprint density at radius 1 is 1.26 bits per heavy atom. The molecule has 2 heteroatoms. The van der Waals surface area contributed by atoms with Gasteiger partial charge in [0.1, 0.15) is 5.92 Å². The Balaban J connectivity index is 2.95. The van der Waals surface area contributed by atoms with Gasteiger partial charge in [0.05, 0.1) is 6.07 Å². The molecule has 0 bridgehead atoms. The van der Waals surface area contributed by atoms with E-state index in [1.807, 2.05) is 31.2 Å². The maximum absolute atomic E-state index is 12.5. The Morgan fingerprint density at radius 3 is 2.37 bits per heavy atom. The molecule has 0 radical (unpaired) electrons. The van der Waals surface area contributed by atoms with E-state index in [9.17, 15) is 10.1 Å². The standard InChI is InChI=1S/C17H23NO/c1-4-7-14(8-5-2)17(19)16(12-18)15-10-6-9-13(3)11-15/h6,9-11,14,16H,4-5,7-8H2,1-3H3. The highest BCUT2D eigenvalue weighted by Crippen LogP contribution is 2.25. The molecule has 0 spiro atoms. The third kappa shape index (κ3) is 4.21. The smallest absolute Gasteiger partial charge is 0.157 e. The highest BCUT2D eigenvalue weighted by Gasteiger charge is 2.27. The summed E-state index contributed by atoms with van der Waals surface area (Å²) in [5.41, 5.74) is 1.93. The summed E-state index contributed by atoms with van der Waals surface area (Å²) in [7, 11) is 0. The molecule has 19 heavy (non-hydrogen) atoms. The van der Waals surface area contributed by atoms with E-state index < -0.39 is 5.92 Å². The van der Waals surface area contributed by atoms with Crippen molar-refractivity contribution in [2.75, 3.05) is 0 Å².